The summed E-state index contributed by atoms with van der Waals surface area (Å²) in [6, 6.07) is 8.51. The van der Waals surface area contributed by atoms with Gasteiger partial charge in [-0.05, 0) is 59.3 Å². The Bertz CT molecular complexity index is 988. The molecule has 4 aromatic rings. The predicted molar refractivity (Wildman–Crippen MR) is 103 cm³/mol. The van der Waals surface area contributed by atoms with Crippen LogP contribution in [0.15, 0.2) is 55.4 Å². The Morgan fingerprint density at radius 1 is 1.12 bits per heavy atom. The van der Waals surface area contributed by atoms with Crippen molar-refractivity contribution in [2.24, 2.45) is 0 Å². The van der Waals surface area contributed by atoms with E-state index in [0.717, 1.165) is 35.6 Å². The van der Waals surface area contributed by atoms with Crippen molar-refractivity contribution >= 4 is 33.6 Å². The first-order valence-corrected chi connectivity index (χ1v) is 8.88. The molecule has 4 rings (SSSR count). The van der Waals surface area contributed by atoms with Gasteiger partial charge in [0.1, 0.15) is 5.82 Å². The first kappa shape index (κ1) is 15.3. The second-order valence-corrected chi connectivity index (χ2v) is 6.88. The molecule has 0 radical (unpaired) electrons. The molecule has 5 nitrogen and oxygen atoms in total. The van der Waals surface area contributed by atoms with Crippen LogP contribution in [0, 0.1) is 3.57 Å². The summed E-state index contributed by atoms with van der Waals surface area (Å²) in [4.78, 5) is 13.3. The van der Waals surface area contributed by atoms with Crippen molar-refractivity contribution in [3.8, 4) is 11.4 Å². The number of pyridine rings is 1. The van der Waals surface area contributed by atoms with E-state index in [1.165, 1.54) is 9.09 Å². The third-order valence-corrected chi connectivity index (χ3v) is 4.67. The van der Waals surface area contributed by atoms with Gasteiger partial charge in [0.2, 0.25) is 0 Å². The maximum atomic E-state index is 4.83. The number of rotatable bonds is 4. The molecular weight excluding hydrogens is 413 g/mol. The normalized spacial score (nSPS) is 11.2. The predicted octanol–water partition coefficient (Wildman–Crippen LogP) is 3.97. The van der Waals surface area contributed by atoms with E-state index in [9.17, 15) is 0 Å². The quantitative estimate of drug-likeness (QED) is 0.462. The van der Waals surface area contributed by atoms with Gasteiger partial charge >= 0.3 is 0 Å². The minimum Gasteiger partial charge on any atom is -0.333 e. The molecule has 0 aliphatic carbocycles. The highest BCUT2D eigenvalue weighted by Crippen LogP contribution is 2.26. The van der Waals surface area contributed by atoms with Gasteiger partial charge in [-0.2, -0.15) is 0 Å². The first-order chi connectivity index (χ1) is 11.7. The summed E-state index contributed by atoms with van der Waals surface area (Å²) >= 11 is 2.34. The zero-order valence-electron chi connectivity index (χ0n) is 13.2. The molecule has 3 aromatic heterocycles. The Labute approximate surface area is 153 Å². The molecule has 0 atom stereocenters. The second kappa shape index (κ2) is 6.35. The lowest BCUT2D eigenvalue weighted by molar-refractivity contribution is 0.786. The molecule has 0 fully saturated rings. The largest absolute Gasteiger partial charge is 0.333 e. The van der Waals surface area contributed by atoms with Gasteiger partial charge in [0.15, 0.2) is 0 Å². The molecule has 0 unspecified atom stereocenters. The summed E-state index contributed by atoms with van der Waals surface area (Å²) in [5.74, 6) is 0.967. The Hall–Kier alpha value is -2.22. The molecule has 3 heterocycles. The zero-order chi connectivity index (χ0) is 16.5. The van der Waals surface area contributed by atoms with E-state index in [4.69, 9.17) is 4.98 Å². The second-order valence-electron chi connectivity index (χ2n) is 5.63. The van der Waals surface area contributed by atoms with Gasteiger partial charge in [0.05, 0.1) is 23.9 Å². The van der Waals surface area contributed by atoms with Crippen LogP contribution in [0.1, 0.15) is 12.5 Å². The Morgan fingerprint density at radius 3 is 2.83 bits per heavy atom. The average molecular weight is 429 g/mol. The van der Waals surface area contributed by atoms with E-state index in [-0.39, 0.29) is 0 Å². The van der Waals surface area contributed by atoms with Crippen LogP contribution < -0.4 is 0 Å². The zero-order valence-corrected chi connectivity index (χ0v) is 15.4. The lowest BCUT2D eigenvalue weighted by Crippen LogP contribution is -2.01. The van der Waals surface area contributed by atoms with Crippen LogP contribution in [-0.4, -0.2) is 24.1 Å². The number of nitrogens with zero attached hydrogens (tertiary/aromatic N) is 5. The maximum absolute atomic E-state index is 4.83. The van der Waals surface area contributed by atoms with Crippen LogP contribution in [0.4, 0.5) is 0 Å². The van der Waals surface area contributed by atoms with Crippen molar-refractivity contribution < 1.29 is 0 Å². The molecule has 0 aliphatic rings. The lowest BCUT2D eigenvalue weighted by atomic mass is 10.2. The number of hydrogen-bond acceptors (Lipinski definition) is 3. The van der Waals surface area contributed by atoms with Crippen molar-refractivity contribution in [3.05, 3.63) is 64.5 Å². The summed E-state index contributed by atoms with van der Waals surface area (Å²) in [5.41, 5.74) is 4.36. The number of benzene rings is 1. The van der Waals surface area contributed by atoms with Crippen LogP contribution in [0.5, 0.6) is 0 Å². The fourth-order valence-corrected chi connectivity index (χ4v) is 3.40. The number of hydrogen-bond donors (Lipinski definition) is 0. The molecule has 0 amide bonds. The molecule has 0 N–H and O–H groups in total. The molecule has 24 heavy (non-hydrogen) atoms. The van der Waals surface area contributed by atoms with Gasteiger partial charge in [-0.15, -0.1) is 0 Å². The number of aryl methyl sites for hydroxylation is 1. The summed E-state index contributed by atoms with van der Waals surface area (Å²) < 4.78 is 5.50. The molecule has 1 aromatic carbocycles. The Balaban J connectivity index is 1.79. The number of fused-ring (bicyclic) bond motifs is 1. The number of aromatic nitrogens is 5. The highest BCUT2D eigenvalue weighted by Gasteiger charge is 2.12. The van der Waals surface area contributed by atoms with Crippen LogP contribution in [0.3, 0.4) is 0 Å². The van der Waals surface area contributed by atoms with Crippen molar-refractivity contribution in [2.45, 2.75) is 20.0 Å². The highest BCUT2D eigenvalue weighted by atomic mass is 127. The van der Waals surface area contributed by atoms with E-state index >= 15 is 0 Å². The molecular formula is C18H16IN5. The van der Waals surface area contributed by atoms with Crippen molar-refractivity contribution in [2.75, 3.05) is 0 Å². The van der Waals surface area contributed by atoms with Crippen LogP contribution >= 0.6 is 22.6 Å². The average Bonchev–Trinajstić information content (AvgIpc) is 3.22. The SMILES string of the molecule is CCn1c(-c2cncc(Cn3ccnc3)c2)nc2ccc(I)cc21. The molecule has 0 spiro atoms. The Kier molecular flexibility index (Phi) is 4.05. The van der Waals surface area contributed by atoms with Crippen molar-refractivity contribution in [1.29, 1.82) is 0 Å². The monoisotopic (exact) mass is 429 g/mol. The molecule has 0 bridgehead atoms. The van der Waals surface area contributed by atoms with Gasteiger partial charge in [0, 0.05) is 40.5 Å². The van der Waals surface area contributed by atoms with E-state index in [0.29, 0.717) is 0 Å². The van der Waals surface area contributed by atoms with E-state index in [1.807, 2.05) is 29.5 Å². The lowest BCUT2D eigenvalue weighted by Gasteiger charge is -2.08. The van der Waals surface area contributed by atoms with Gasteiger partial charge in [-0.1, -0.05) is 0 Å². The standard InChI is InChI=1S/C18H16IN5/c1-2-24-17-8-15(19)3-4-16(17)22-18(24)14-7-13(9-21-10-14)11-23-6-5-20-12-23/h3-10,12H,2,11H2,1H3. The summed E-state index contributed by atoms with van der Waals surface area (Å²) in [6.07, 6.45) is 9.34. The summed E-state index contributed by atoms with van der Waals surface area (Å²) in [6.45, 7) is 3.77. The van der Waals surface area contributed by atoms with Gasteiger partial charge in [-0.3, -0.25) is 4.98 Å². The number of halogens is 1. The molecule has 0 saturated heterocycles. The minimum atomic E-state index is 0.755. The fourth-order valence-electron chi connectivity index (χ4n) is 2.92. The van der Waals surface area contributed by atoms with Gasteiger partial charge < -0.3 is 9.13 Å². The first-order valence-electron chi connectivity index (χ1n) is 7.80. The van der Waals surface area contributed by atoms with E-state index in [1.54, 1.807) is 6.20 Å². The molecule has 120 valence electrons. The van der Waals surface area contributed by atoms with E-state index in [2.05, 4.69) is 68.3 Å². The molecule has 6 heteroatoms. The van der Waals surface area contributed by atoms with Crippen LogP contribution in [0.2, 0.25) is 0 Å². The third kappa shape index (κ3) is 2.82. The smallest absolute Gasteiger partial charge is 0.142 e. The third-order valence-electron chi connectivity index (χ3n) is 4.00. The van der Waals surface area contributed by atoms with Gasteiger partial charge in [-0.25, -0.2) is 9.97 Å². The molecule has 0 saturated carbocycles. The minimum absolute atomic E-state index is 0.755. The van der Waals surface area contributed by atoms with E-state index < -0.39 is 0 Å². The van der Waals surface area contributed by atoms with Crippen LogP contribution in [0.25, 0.3) is 22.4 Å². The summed E-state index contributed by atoms with van der Waals surface area (Å²) in [7, 11) is 0. The summed E-state index contributed by atoms with van der Waals surface area (Å²) in [5, 5.41) is 0. The molecule has 0 aliphatic heterocycles. The van der Waals surface area contributed by atoms with Crippen molar-refractivity contribution in [3.63, 3.8) is 0 Å². The van der Waals surface area contributed by atoms with Gasteiger partial charge in [0.25, 0.3) is 0 Å². The van der Waals surface area contributed by atoms with Crippen molar-refractivity contribution in [1.82, 2.24) is 24.1 Å². The highest BCUT2D eigenvalue weighted by molar-refractivity contribution is 14.1. The number of imidazole rings is 2. The fraction of sp³-hybridized carbons (Fsp3) is 0.167. The topological polar surface area (TPSA) is 48.5 Å². The maximum Gasteiger partial charge on any atom is 0.142 e. The van der Waals surface area contributed by atoms with Crippen LogP contribution in [-0.2, 0) is 13.1 Å². The Morgan fingerprint density at radius 2 is 2.04 bits per heavy atom.